The first-order chi connectivity index (χ1) is 9.83. The SMILES string of the molecule is O=C(Cc1cc(-c2ccccc2)n[nH]1)c1ccccc1. The van der Waals surface area contributed by atoms with Crippen molar-refractivity contribution in [3.8, 4) is 11.3 Å². The summed E-state index contributed by atoms with van der Waals surface area (Å²) in [6, 6.07) is 21.1. The quantitative estimate of drug-likeness (QED) is 0.731. The normalized spacial score (nSPS) is 10.4. The van der Waals surface area contributed by atoms with Gasteiger partial charge in [0, 0.05) is 16.8 Å². The number of aromatic nitrogens is 2. The topological polar surface area (TPSA) is 45.8 Å². The number of H-pyrrole nitrogens is 1. The lowest BCUT2D eigenvalue weighted by Gasteiger charge is -1.98. The van der Waals surface area contributed by atoms with E-state index < -0.39 is 0 Å². The minimum absolute atomic E-state index is 0.0915. The zero-order valence-electron chi connectivity index (χ0n) is 10.9. The number of benzene rings is 2. The predicted molar refractivity (Wildman–Crippen MR) is 78.5 cm³/mol. The molecular formula is C17H14N2O. The molecule has 0 saturated carbocycles. The van der Waals surface area contributed by atoms with Crippen LogP contribution >= 0.6 is 0 Å². The molecule has 0 saturated heterocycles. The van der Waals surface area contributed by atoms with Crippen LogP contribution in [0.1, 0.15) is 16.1 Å². The Morgan fingerprint density at radius 3 is 2.30 bits per heavy atom. The highest BCUT2D eigenvalue weighted by atomic mass is 16.1. The minimum atomic E-state index is 0.0915. The summed E-state index contributed by atoms with van der Waals surface area (Å²) in [5.74, 6) is 0.0915. The molecule has 0 aliphatic heterocycles. The summed E-state index contributed by atoms with van der Waals surface area (Å²) in [4.78, 5) is 12.1. The number of aromatic amines is 1. The number of Topliss-reactive ketones (excluding diaryl/α,β-unsaturated/α-hetero) is 1. The van der Waals surface area contributed by atoms with E-state index in [4.69, 9.17) is 0 Å². The summed E-state index contributed by atoms with van der Waals surface area (Å²) < 4.78 is 0. The fraction of sp³-hybridized carbons (Fsp3) is 0.0588. The maximum atomic E-state index is 12.1. The molecule has 0 fully saturated rings. The lowest BCUT2D eigenvalue weighted by Crippen LogP contribution is -2.03. The van der Waals surface area contributed by atoms with E-state index in [9.17, 15) is 4.79 Å². The van der Waals surface area contributed by atoms with Gasteiger partial charge in [-0.3, -0.25) is 9.89 Å². The first-order valence-corrected chi connectivity index (χ1v) is 6.51. The predicted octanol–water partition coefficient (Wildman–Crippen LogP) is 3.50. The van der Waals surface area contributed by atoms with Crippen molar-refractivity contribution in [3.05, 3.63) is 78.0 Å². The third-order valence-corrected chi connectivity index (χ3v) is 3.15. The molecule has 1 heterocycles. The fourth-order valence-corrected chi connectivity index (χ4v) is 2.11. The number of nitrogens with one attached hydrogen (secondary N) is 1. The van der Waals surface area contributed by atoms with Crippen LogP contribution in [0.5, 0.6) is 0 Å². The monoisotopic (exact) mass is 262 g/mol. The Bertz CT molecular complexity index is 702. The highest BCUT2D eigenvalue weighted by Crippen LogP contribution is 2.17. The lowest BCUT2D eigenvalue weighted by molar-refractivity contribution is 0.0992. The van der Waals surface area contributed by atoms with E-state index in [-0.39, 0.29) is 5.78 Å². The number of hydrogen-bond acceptors (Lipinski definition) is 2. The van der Waals surface area contributed by atoms with Gasteiger partial charge in [-0.15, -0.1) is 0 Å². The molecule has 1 aromatic heterocycles. The zero-order chi connectivity index (χ0) is 13.8. The van der Waals surface area contributed by atoms with E-state index >= 15 is 0 Å². The molecule has 20 heavy (non-hydrogen) atoms. The van der Waals surface area contributed by atoms with Crippen LogP contribution in [0.15, 0.2) is 66.7 Å². The Morgan fingerprint density at radius 1 is 0.950 bits per heavy atom. The third-order valence-electron chi connectivity index (χ3n) is 3.15. The van der Waals surface area contributed by atoms with Gasteiger partial charge >= 0.3 is 0 Å². The van der Waals surface area contributed by atoms with E-state index in [2.05, 4.69) is 10.2 Å². The van der Waals surface area contributed by atoms with Crippen molar-refractivity contribution in [2.24, 2.45) is 0 Å². The highest BCUT2D eigenvalue weighted by molar-refractivity contribution is 5.97. The van der Waals surface area contributed by atoms with Gasteiger partial charge in [-0.1, -0.05) is 60.7 Å². The Labute approximate surface area is 117 Å². The van der Waals surface area contributed by atoms with Crippen molar-refractivity contribution < 1.29 is 4.79 Å². The maximum absolute atomic E-state index is 12.1. The van der Waals surface area contributed by atoms with E-state index in [1.54, 1.807) is 0 Å². The summed E-state index contributed by atoms with van der Waals surface area (Å²) in [7, 11) is 0. The van der Waals surface area contributed by atoms with Gasteiger partial charge in [-0.25, -0.2) is 0 Å². The number of carbonyl (C=O) groups excluding carboxylic acids is 1. The number of nitrogens with zero attached hydrogens (tertiary/aromatic N) is 1. The molecule has 0 unspecified atom stereocenters. The molecule has 3 rings (SSSR count). The smallest absolute Gasteiger partial charge is 0.168 e. The van der Waals surface area contributed by atoms with Crippen molar-refractivity contribution >= 4 is 5.78 Å². The van der Waals surface area contributed by atoms with Gasteiger partial charge < -0.3 is 0 Å². The zero-order valence-corrected chi connectivity index (χ0v) is 10.9. The van der Waals surface area contributed by atoms with Crippen molar-refractivity contribution in [1.29, 1.82) is 0 Å². The maximum Gasteiger partial charge on any atom is 0.168 e. The molecule has 0 spiro atoms. The van der Waals surface area contributed by atoms with Crippen LogP contribution in [-0.4, -0.2) is 16.0 Å². The third kappa shape index (κ3) is 2.67. The number of rotatable bonds is 4. The Kier molecular flexibility index (Phi) is 3.42. The van der Waals surface area contributed by atoms with Gasteiger partial charge in [0.15, 0.2) is 5.78 Å². The van der Waals surface area contributed by atoms with Crippen LogP contribution in [0.2, 0.25) is 0 Å². The van der Waals surface area contributed by atoms with Crippen molar-refractivity contribution in [2.45, 2.75) is 6.42 Å². The summed E-state index contributed by atoms with van der Waals surface area (Å²) in [5, 5.41) is 7.19. The van der Waals surface area contributed by atoms with Crippen LogP contribution < -0.4 is 0 Å². The van der Waals surface area contributed by atoms with Crippen LogP contribution in [-0.2, 0) is 6.42 Å². The van der Waals surface area contributed by atoms with Crippen LogP contribution in [0, 0.1) is 0 Å². The van der Waals surface area contributed by atoms with Gasteiger partial charge in [0.2, 0.25) is 0 Å². The highest BCUT2D eigenvalue weighted by Gasteiger charge is 2.09. The molecule has 3 aromatic rings. The summed E-state index contributed by atoms with van der Waals surface area (Å²) in [6.45, 7) is 0. The van der Waals surface area contributed by atoms with Crippen molar-refractivity contribution in [3.63, 3.8) is 0 Å². The average Bonchev–Trinajstić information content (AvgIpc) is 2.97. The number of hydrogen-bond donors (Lipinski definition) is 1. The fourth-order valence-electron chi connectivity index (χ4n) is 2.11. The molecule has 1 N–H and O–H groups in total. The van der Waals surface area contributed by atoms with Gasteiger partial charge in [0.1, 0.15) is 0 Å². The summed E-state index contributed by atoms with van der Waals surface area (Å²) in [6.07, 6.45) is 0.337. The molecular weight excluding hydrogens is 248 g/mol. The van der Waals surface area contributed by atoms with E-state index in [0.717, 1.165) is 22.5 Å². The molecule has 3 nitrogen and oxygen atoms in total. The van der Waals surface area contributed by atoms with E-state index in [0.29, 0.717) is 6.42 Å². The number of ketones is 1. The van der Waals surface area contributed by atoms with Crippen molar-refractivity contribution in [2.75, 3.05) is 0 Å². The molecule has 0 aliphatic carbocycles. The summed E-state index contributed by atoms with van der Waals surface area (Å²) >= 11 is 0. The van der Waals surface area contributed by atoms with Crippen LogP contribution in [0.3, 0.4) is 0 Å². The van der Waals surface area contributed by atoms with E-state index in [1.807, 2.05) is 66.7 Å². The lowest BCUT2D eigenvalue weighted by atomic mass is 10.1. The molecule has 3 heteroatoms. The molecule has 0 radical (unpaired) electrons. The van der Waals surface area contributed by atoms with Gasteiger partial charge in [0.25, 0.3) is 0 Å². The summed E-state index contributed by atoms with van der Waals surface area (Å²) in [5.41, 5.74) is 3.46. The molecule has 0 aliphatic rings. The van der Waals surface area contributed by atoms with Crippen LogP contribution in [0.4, 0.5) is 0 Å². The standard InChI is InChI=1S/C17H14N2O/c20-17(14-9-5-2-6-10-14)12-15-11-16(19-18-15)13-7-3-1-4-8-13/h1-11H,12H2,(H,18,19). The second kappa shape index (κ2) is 5.53. The number of carbonyl (C=O) groups is 1. The average molecular weight is 262 g/mol. The molecule has 0 atom stereocenters. The Hall–Kier alpha value is -2.68. The second-order valence-electron chi connectivity index (χ2n) is 4.61. The van der Waals surface area contributed by atoms with Gasteiger partial charge in [-0.05, 0) is 6.07 Å². The van der Waals surface area contributed by atoms with Gasteiger partial charge in [0.05, 0.1) is 12.1 Å². The van der Waals surface area contributed by atoms with E-state index in [1.165, 1.54) is 0 Å². The largest absolute Gasteiger partial charge is 0.294 e. The Balaban J connectivity index is 1.77. The van der Waals surface area contributed by atoms with Gasteiger partial charge in [-0.2, -0.15) is 5.10 Å². The van der Waals surface area contributed by atoms with Crippen molar-refractivity contribution in [1.82, 2.24) is 10.2 Å². The van der Waals surface area contributed by atoms with Crippen LogP contribution in [0.25, 0.3) is 11.3 Å². The second-order valence-corrected chi connectivity index (χ2v) is 4.61. The minimum Gasteiger partial charge on any atom is -0.294 e. The first-order valence-electron chi connectivity index (χ1n) is 6.51. The molecule has 98 valence electrons. The molecule has 0 amide bonds. The molecule has 2 aromatic carbocycles. The molecule has 0 bridgehead atoms. The Morgan fingerprint density at radius 2 is 1.60 bits per heavy atom. The first kappa shape index (κ1) is 12.4.